The summed E-state index contributed by atoms with van der Waals surface area (Å²) in [6, 6.07) is 57.3. The minimum atomic E-state index is -0.131. The number of pyridine rings is 1. The number of fused-ring (bicyclic) bond motifs is 5. The lowest BCUT2D eigenvalue weighted by Gasteiger charge is -2.33. The minimum Gasteiger partial charge on any atom is -0.458 e. The first-order valence-corrected chi connectivity index (χ1v) is 19.0. The van der Waals surface area contributed by atoms with Gasteiger partial charge in [0.15, 0.2) is 0 Å². The summed E-state index contributed by atoms with van der Waals surface area (Å²) in [4.78, 5) is 10.2. The van der Waals surface area contributed by atoms with Gasteiger partial charge < -0.3 is 9.47 Å². The van der Waals surface area contributed by atoms with E-state index >= 15 is 0 Å². The third kappa shape index (κ3) is 5.10. The van der Waals surface area contributed by atoms with Gasteiger partial charge in [0.05, 0.1) is 22.4 Å². The van der Waals surface area contributed by atoms with E-state index < -0.39 is 0 Å². The van der Waals surface area contributed by atoms with Crippen LogP contribution in [0.3, 0.4) is 0 Å². The van der Waals surface area contributed by atoms with E-state index in [-0.39, 0.29) is 6.71 Å². The molecule has 2 aliphatic rings. The van der Waals surface area contributed by atoms with Crippen molar-refractivity contribution in [3.05, 3.63) is 181 Å². The number of ether oxygens (including phenoxy) is 2. The third-order valence-corrected chi connectivity index (χ3v) is 11.3. The predicted octanol–water partition coefficient (Wildman–Crippen LogP) is 10.4. The van der Waals surface area contributed by atoms with Gasteiger partial charge in [0.1, 0.15) is 28.8 Å². The molecule has 0 unspecified atom stereocenters. The van der Waals surface area contributed by atoms with Gasteiger partial charge >= 0.3 is 0 Å². The molecule has 0 amide bonds. The van der Waals surface area contributed by atoms with E-state index in [9.17, 15) is 0 Å². The first-order chi connectivity index (χ1) is 27.6. The van der Waals surface area contributed by atoms with Crippen LogP contribution in [-0.2, 0) is 0 Å². The van der Waals surface area contributed by atoms with Crippen LogP contribution in [0.25, 0.3) is 61.6 Å². The van der Waals surface area contributed by atoms with Gasteiger partial charge in [-0.25, -0.2) is 4.98 Å². The Hall–Kier alpha value is -7.18. The van der Waals surface area contributed by atoms with E-state index in [2.05, 4.69) is 164 Å². The van der Waals surface area contributed by atoms with Crippen LogP contribution in [0.2, 0.25) is 0 Å². The Morgan fingerprint density at radius 3 is 1.88 bits per heavy atom. The highest BCUT2D eigenvalue weighted by Gasteiger charge is 2.40. The fourth-order valence-electron chi connectivity index (χ4n) is 8.70. The summed E-state index contributed by atoms with van der Waals surface area (Å²) in [5, 5.41) is 0. The molecule has 0 bridgehead atoms. The average Bonchev–Trinajstić information content (AvgIpc) is 3.63. The van der Waals surface area contributed by atoms with Gasteiger partial charge in [-0.15, -0.1) is 0 Å². The molecule has 9 aromatic rings. The van der Waals surface area contributed by atoms with Crippen LogP contribution in [0.15, 0.2) is 170 Å². The van der Waals surface area contributed by atoms with Crippen molar-refractivity contribution in [2.24, 2.45) is 0 Å². The number of hydrogen-bond acceptors (Lipinski definition) is 4. The molecule has 11 rings (SSSR count). The molecule has 0 saturated carbocycles. The topological polar surface area (TPSA) is 49.2 Å². The second-order valence-electron chi connectivity index (χ2n) is 14.7. The normalized spacial score (nSPS) is 12.4. The van der Waals surface area contributed by atoms with Crippen molar-refractivity contribution in [2.45, 2.75) is 13.8 Å². The molecule has 0 fully saturated rings. The van der Waals surface area contributed by atoms with E-state index in [1.807, 2.05) is 24.4 Å². The number of rotatable bonds is 5. The van der Waals surface area contributed by atoms with Gasteiger partial charge in [0, 0.05) is 17.2 Å². The number of aromatic nitrogens is 3. The predicted molar refractivity (Wildman–Crippen MR) is 228 cm³/mol. The number of para-hydroxylation sites is 3. The lowest BCUT2D eigenvalue weighted by atomic mass is 9.34. The van der Waals surface area contributed by atoms with Crippen LogP contribution < -0.4 is 25.9 Å². The Bertz CT molecular complexity index is 2990. The Balaban J connectivity index is 1.06. The fraction of sp³-hybridized carbons (Fsp3) is 0.0400. The maximum Gasteiger partial charge on any atom is 0.260 e. The van der Waals surface area contributed by atoms with E-state index in [4.69, 9.17) is 19.4 Å². The summed E-state index contributed by atoms with van der Waals surface area (Å²) in [7, 11) is 0. The zero-order valence-corrected chi connectivity index (χ0v) is 30.9. The summed E-state index contributed by atoms with van der Waals surface area (Å²) in [5.41, 5.74) is 16.3. The molecular weight excluding hydrogens is 685 g/mol. The molecule has 0 aliphatic carbocycles. The SMILES string of the molecule is Cc1cccc(C)c1-n1c(-c2ccc3c(c2)B2c4cc(-c5cc(-c6ccccc6-c6ccccc6)ccn5)ccc4Oc4cccc(c42)O3)nc2ccccc21. The van der Waals surface area contributed by atoms with E-state index in [0.29, 0.717) is 0 Å². The Kier molecular flexibility index (Phi) is 7.33. The Morgan fingerprint density at radius 2 is 1.12 bits per heavy atom. The zero-order chi connectivity index (χ0) is 37.3. The monoisotopic (exact) mass is 719 g/mol. The van der Waals surface area contributed by atoms with Gasteiger partial charge in [0.2, 0.25) is 0 Å². The number of aryl methyl sites for hydroxylation is 2. The maximum atomic E-state index is 6.65. The Morgan fingerprint density at radius 1 is 0.500 bits per heavy atom. The highest BCUT2D eigenvalue weighted by atomic mass is 16.5. The molecule has 0 saturated heterocycles. The standard InChI is InChI=1S/C50H34BN3O2/c1-31-12-10-13-32(2)49(31)54-43-19-9-8-18-41(43)53-50(54)36-23-25-45-40(29-36)51-39-28-35(22-24-44(39)55-46-20-11-21-47(56-45)48(46)51)42-30-34(26-27-52-42)38-17-7-6-16-37(38)33-14-4-3-5-15-33/h3-30H,1-2H3. The van der Waals surface area contributed by atoms with Crippen LogP contribution in [0.4, 0.5) is 0 Å². The molecule has 0 radical (unpaired) electrons. The van der Waals surface area contributed by atoms with Crippen LogP contribution in [0, 0.1) is 13.8 Å². The van der Waals surface area contributed by atoms with Gasteiger partial charge in [-0.1, -0.05) is 103 Å². The van der Waals surface area contributed by atoms with E-state index in [1.165, 1.54) is 27.8 Å². The lowest BCUT2D eigenvalue weighted by molar-refractivity contribution is 0.464. The average molecular weight is 720 g/mol. The molecule has 0 N–H and O–H groups in total. The molecule has 6 heteroatoms. The summed E-state index contributed by atoms with van der Waals surface area (Å²) in [6.45, 7) is 4.21. The first-order valence-electron chi connectivity index (χ1n) is 19.0. The second kappa shape index (κ2) is 12.7. The molecule has 7 aromatic carbocycles. The molecule has 2 aliphatic heterocycles. The Labute approximate surface area is 325 Å². The molecule has 5 nitrogen and oxygen atoms in total. The smallest absolute Gasteiger partial charge is 0.260 e. The molecule has 0 atom stereocenters. The van der Waals surface area contributed by atoms with Crippen molar-refractivity contribution in [3.63, 3.8) is 0 Å². The summed E-state index contributed by atoms with van der Waals surface area (Å²) < 4.78 is 15.6. The van der Waals surface area contributed by atoms with Crippen molar-refractivity contribution < 1.29 is 9.47 Å². The second-order valence-corrected chi connectivity index (χ2v) is 14.7. The minimum absolute atomic E-state index is 0.131. The summed E-state index contributed by atoms with van der Waals surface area (Å²) >= 11 is 0. The van der Waals surface area contributed by atoms with Crippen molar-refractivity contribution >= 4 is 34.1 Å². The molecule has 264 valence electrons. The van der Waals surface area contributed by atoms with Crippen LogP contribution >= 0.6 is 0 Å². The number of nitrogens with zero attached hydrogens (tertiary/aromatic N) is 3. The molecule has 4 heterocycles. The van der Waals surface area contributed by atoms with Crippen LogP contribution in [0.5, 0.6) is 23.0 Å². The summed E-state index contributed by atoms with van der Waals surface area (Å²) in [6.07, 6.45) is 1.91. The first kappa shape index (κ1) is 32.3. The number of hydrogen-bond donors (Lipinski definition) is 0. The molecule has 0 spiro atoms. The highest BCUT2D eigenvalue weighted by molar-refractivity contribution is 6.98. The highest BCUT2D eigenvalue weighted by Crippen LogP contribution is 2.39. The van der Waals surface area contributed by atoms with Gasteiger partial charge in [0.25, 0.3) is 6.71 Å². The van der Waals surface area contributed by atoms with Gasteiger partial charge in [-0.3, -0.25) is 9.55 Å². The lowest BCUT2D eigenvalue weighted by Crippen LogP contribution is -2.57. The molecule has 2 aromatic heterocycles. The van der Waals surface area contributed by atoms with Crippen LogP contribution in [-0.4, -0.2) is 21.2 Å². The van der Waals surface area contributed by atoms with Crippen molar-refractivity contribution in [1.29, 1.82) is 0 Å². The third-order valence-electron chi connectivity index (χ3n) is 11.3. The largest absolute Gasteiger partial charge is 0.458 e. The van der Waals surface area contributed by atoms with E-state index in [0.717, 1.165) is 84.3 Å². The van der Waals surface area contributed by atoms with Crippen LogP contribution in [0.1, 0.15) is 11.1 Å². The number of imidazole rings is 1. The fourth-order valence-corrected chi connectivity index (χ4v) is 8.70. The molecule has 56 heavy (non-hydrogen) atoms. The van der Waals surface area contributed by atoms with Crippen molar-refractivity contribution in [1.82, 2.24) is 14.5 Å². The van der Waals surface area contributed by atoms with Gasteiger partial charge in [-0.05, 0) is 124 Å². The van der Waals surface area contributed by atoms with E-state index in [1.54, 1.807) is 0 Å². The maximum absolute atomic E-state index is 6.65. The van der Waals surface area contributed by atoms with Crippen molar-refractivity contribution in [3.8, 4) is 73.6 Å². The van der Waals surface area contributed by atoms with Gasteiger partial charge in [-0.2, -0.15) is 0 Å². The number of benzene rings is 7. The van der Waals surface area contributed by atoms with Crippen molar-refractivity contribution in [2.75, 3.05) is 0 Å². The molecular formula is C50H34BN3O2. The summed E-state index contributed by atoms with van der Waals surface area (Å²) in [5.74, 6) is 4.17. The quantitative estimate of drug-likeness (QED) is 0.166. The zero-order valence-electron chi connectivity index (χ0n) is 30.9.